The number of benzene rings is 2. The molecule has 1 aliphatic carbocycles. The number of aliphatic hydroxyl groups excluding tert-OH is 1. The molecular weight excluding hydrogens is 372 g/mol. The van der Waals surface area contributed by atoms with Crippen LogP contribution in [0.3, 0.4) is 0 Å². The van der Waals surface area contributed by atoms with Crippen molar-refractivity contribution in [2.24, 2.45) is 5.92 Å². The molecule has 2 atom stereocenters. The van der Waals surface area contributed by atoms with E-state index in [0.717, 1.165) is 44.1 Å². The third-order valence-corrected chi connectivity index (χ3v) is 6.58. The molecular formula is C27H32O3. The van der Waals surface area contributed by atoms with Crippen LogP contribution in [-0.2, 0) is 16.0 Å². The number of cyclic esters (lactones) is 1. The predicted molar refractivity (Wildman–Crippen MR) is 119 cm³/mol. The summed E-state index contributed by atoms with van der Waals surface area (Å²) in [5.41, 5.74) is 2.03. The lowest BCUT2D eigenvalue weighted by molar-refractivity contribution is -0.150. The zero-order chi connectivity index (χ0) is 21.0. The lowest BCUT2D eigenvalue weighted by Gasteiger charge is -2.28. The van der Waals surface area contributed by atoms with E-state index < -0.39 is 5.60 Å². The van der Waals surface area contributed by atoms with Crippen LogP contribution < -0.4 is 0 Å². The van der Waals surface area contributed by atoms with Crippen molar-refractivity contribution in [2.45, 2.75) is 69.8 Å². The minimum Gasteiger partial charge on any atom is -0.507 e. The summed E-state index contributed by atoms with van der Waals surface area (Å²) in [5.74, 6) is 0.249. The number of carbonyl (C=O) groups excluding carboxylic acids is 1. The molecule has 0 radical (unpaired) electrons. The van der Waals surface area contributed by atoms with Gasteiger partial charge >= 0.3 is 5.97 Å². The molecule has 1 N–H and O–H groups in total. The highest BCUT2D eigenvalue weighted by Gasteiger charge is 2.51. The summed E-state index contributed by atoms with van der Waals surface area (Å²) in [7, 11) is 0. The molecule has 2 aromatic rings. The van der Waals surface area contributed by atoms with Crippen LogP contribution in [0.4, 0.5) is 0 Å². The summed E-state index contributed by atoms with van der Waals surface area (Å²) < 4.78 is 6.03. The second-order valence-electron chi connectivity index (χ2n) is 8.81. The van der Waals surface area contributed by atoms with E-state index in [4.69, 9.17) is 4.74 Å². The summed E-state index contributed by atoms with van der Waals surface area (Å²) in [6.07, 6.45) is 7.26. The van der Waals surface area contributed by atoms with Crippen molar-refractivity contribution in [3.05, 3.63) is 83.1 Å². The summed E-state index contributed by atoms with van der Waals surface area (Å²) in [6, 6.07) is 20.5. The Bertz CT molecular complexity index is 883. The van der Waals surface area contributed by atoms with E-state index in [9.17, 15) is 9.90 Å². The third kappa shape index (κ3) is 4.30. The SMILES string of the molecule is CCCCC1(CCCc2ccccc2)OC(=O)C(C(c2ccccc2)C2CC2)=C1O. The molecule has 0 amide bonds. The molecule has 1 aliphatic heterocycles. The van der Waals surface area contributed by atoms with Gasteiger partial charge in [-0.3, -0.25) is 0 Å². The van der Waals surface area contributed by atoms with Crippen molar-refractivity contribution >= 4 is 5.97 Å². The fourth-order valence-electron chi connectivity index (χ4n) is 4.81. The molecule has 2 unspecified atom stereocenters. The molecule has 3 nitrogen and oxygen atoms in total. The minimum atomic E-state index is -0.862. The van der Waals surface area contributed by atoms with Crippen LogP contribution in [0.25, 0.3) is 0 Å². The van der Waals surface area contributed by atoms with Crippen LogP contribution in [0, 0.1) is 5.92 Å². The second-order valence-corrected chi connectivity index (χ2v) is 8.81. The Kier molecular flexibility index (Phi) is 6.26. The van der Waals surface area contributed by atoms with Crippen molar-refractivity contribution in [3.63, 3.8) is 0 Å². The molecule has 2 aliphatic rings. The first-order valence-corrected chi connectivity index (χ1v) is 11.4. The van der Waals surface area contributed by atoms with E-state index in [1.807, 2.05) is 36.4 Å². The van der Waals surface area contributed by atoms with Crippen LogP contribution in [0.15, 0.2) is 72.0 Å². The Labute approximate surface area is 179 Å². The minimum absolute atomic E-state index is 0.0590. The average Bonchev–Trinajstić information content (AvgIpc) is 3.58. The van der Waals surface area contributed by atoms with Crippen LogP contribution in [-0.4, -0.2) is 16.7 Å². The number of hydrogen-bond donors (Lipinski definition) is 1. The molecule has 1 heterocycles. The highest BCUT2D eigenvalue weighted by molar-refractivity contribution is 5.94. The van der Waals surface area contributed by atoms with E-state index in [-0.39, 0.29) is 17.6 Å². The Morgan fingerprint density at radius 3 is 2.27 bits per heavy atom. The Morgan fingerprint density at radius 2 is 1.63 bits per heavy atom. The quantitative estimate of drug-likeness (QED) is 0.460. The molecule has 2 aromatic carbocycles. The zero-order valence-corrected chi connectivity index (χ0v) is 17.8. The summed E-state index contributed by atoms with van der Waals surface area (Å²) in [6.45, 7) is 2.13. The third-order valence-electron chi connectivity index (χ3n) is 6.58. The molecule has 0 aromatic heterocycles. The highest BCUT2D eigenvalue weighted by atomic mass is 16.6. The van der Waals surface area contributed by atoms with Crippen LogP contribution in [0.1, 0.15) is 68.9 Å². The van der Waals surface area contributed by atoms with Crippen molar-refractivity contribution < 1.29 is 14.6 Å². The number of rotatable bonds is 10. The summed E-state index contributed by atoms with van der Waals surface area (Å²) >= 11 is 0. The van der Waals surface area contributed by atoms with Gasteiger partial charge in [-0.1, -0.05) is 74.0 Å². The number of aryl methyl sites for hydroxylation is 1. The topological polar surface area (TPSA) is 46.5 Å². The van der Waals surface area contributed by atoms with Gasteiger partial charge in [0.15, 0.2) is 5.60 Å². The van der Waals surface area contributed by atoms with E-state index in [1.165, 1.54) is 5.56 Å². The smallest absolute Gasteiger partial charge is 0.339 e. The van der Waals surface area contributed by atoms with E-state index >= 15 is 0 Å². The first-order chi connectivity index (χ1) is 14.6. The van der Waals surface area contributed by atoms with Gasteiger partial charge in [-0.25, -0.2) is 4.79 Å². The van der Waals surface area contributed by atoms with Crippen molar-refractivity contribution in [3.8, 4) is 0 Å². The summed E-state index contributed by atoms with van der Waals surface area (Å²) in [5, 5.41) is 11.4. The maximum Gasteiger partial charge on any atom is 0.339 e. The molecule has 0 bridgehead atoms. The molecule has 30 heavy (non-hydrogen) atoms. The molecule has 1 saturated carbocycles. The standard InChI is InChI=1S/C27H32O3/c1-2-3-18-27(19-10-13-20-11-6-4-7-12-20)25(28)24(26(29)30-27)23(22-16-17-22)21-14-8-5-9-15-21/h4-9,11-12,14-15,22-23,28H,2-3,10,13,16-19H2,1H3. The normalized spacial score (nSPS) is 22.2. The van der Waals surface area contributed by atoms with Crippen molar-refractivity contribution in [1.82, 2.24) is 0 Å². The zero-order valence-electron chi connectivity index (χ0n) is 17.8. The van der Waals surface area contributed by atoms with Gasteiger partial charge in [-0.05, 0) is 62.0 Å². The van der Waals surface area contributed by atoms with Gasteiger partial charge in [-0.2, -0.15) is 0 Å². The first kappa shape index (κ1) is 20.7. The lowest BCUT2D eigenvalue weighted by Crippen LogP contribution is -2.32. The molecule has 4 rings (SSSR count). The Hall–Kier alpha value is -2.55. The highest BCUT2D eigenvalue weighted by Crippen LogP contribution is 2.52. The van der Waals surface area contributed by atoms with Crippen molar-refractivity contribution in [2.75, 3.05) is 0 Å². The number of ether oxygens (including phenoxy) is 1. The van der Waals surface area contributed by atoms with Crippen LogP contribution in [0.2, 0.25) is 0 Å². The molecule has 1 fully saturated rings. The van der Waals surface area contributed by atoms with Crippen molar-refractivity contribution in [1.29, 1.82) is 0 Å². The van der Waals surface area contributed by atoms with Gasteiger partial charge in [0.2, 0.25) is 0 Å². The maximum absolute atomic E-state index is 13.1. The molecule has 3 heteroatoms. The number of carbonyl (C=O) groups is 1. The van der Waals surface area contributed by atoms with E-state index in [1.54, 1.807) is 0 Å². The molecule has 158 valence electrons. The van der Waals surface area contributed by atoms with E-state index in [0.29, 0.717) is 24.3 Å². The maximum atomic E-state index is 13.1. The van der Waals surface area contributed by atoms with Crippen LogP contribution >= 0.6 is 0 Å². The fraction of sp³-hybridized carbons (Fsp3) is 0.444. The number of hydrogen-bond acceptors (Lipinski definition) is 3. The Morgan fingerprint density at radius 1 is 1.00 bits per heavy atom. The number of esters is 1. The van der Waals surface area contributed by atoms with Gasteiger partial charge in [0.05, 0.1) is 5.57 Å². The summed E-state index contributed by atoms with van der Waals surface area (Å²) in [4.78, 5) is 13.1. The Balaban J connectivity index is 1.61. The van der Waals surface area contributed by atoms with Gasteiger partial charge in [0, 0.05) is 5.92 Å². The average molecular weight is 405 g/mol. The van der Waals surface area contributed by atoms with E-state index in [2.05, 4.69) is 31.2 Å². The molecule has 0 saturated heterocycles. The predicted octanol–water partition coefficient (Wildman–Crippen LogP) is 6.50. The van der Waals surface area contributed by atoms with Crippen LogP contribution in [0.5, 0.6) is 0 Å². The first-order valence-electron chi connectivity index (χ1n) is 11.4. The number of unbranched alkanes of at least 4 members (excludes halogenated alkanes) is 1. The number of aliphatic hydroxyl groups is 1. The lowest BCUT2D eigenvalue weighted by atomic mass is 9.82. The van der Waals surface area contributed by atoms with Gasteiger partial charge < -0.3 is 9.84 Å². The largest absolute Gasteiger partial charge is 0.507 e. The fourth-order valence-corrected chi connectivity index (χ4v) is 4.81. The van der Waals surface area contributed by atoms with Gasteiger partial charge in [-0.15, -0.1) is 0 Å². The van der Waals surface area contributed by atoms with Gasteiger partial charge in [0.25, 0.3) is 0 Å². The molecule has 0 spiro atoms. The second kappa shape index (κ2) is 9.07. The van der Waals surface area contributed by atoms with Gasteiger partial charge in [0.1, 0.15) is 5.76 Å². The monoisotopic (exact) mass is 404 g/mol.